The zero-order valence-electron chi connectivity index (χ0n) is 25.2. The van der Waals surface area contributed by atoms with Gasteiger partial charge in [-0.3, -0.25) is 29.8 Å². The summed E-state index contributed by atoms with van der Waals surface area (Å²) < 4.78 is 10.3. The smallest absolute Gasteiger partial charge is 0.315 e. The molecule has 2 fully saturated rings. The van der Waals surface area contributed by atoms with Crippen LogP contribution in [0, 0.1) is 31.1 Å². The minimum absolute atomic E-state index is 0.188. The summed E-state index contributed by atoms with van der Waals surface area (Å²) in [4.78, 5) is 46.6. The Bertz CT molecular complexity index is 1160. The maximum atomic E-state index is 12.6. The lowest BCUT2D eigenvalue weighted by Crippen LogP contribution is -2.47. The molecule has 6 atom stereocenters. The fourth-order valence-electron chi connectivity index (χ4n) is 6.93. The van der Waals surface area contributed by atoms with Crippen molar-refractivity contribution >= 4 is 11.9 Å². The average Bonchev–Trinajstić information content (AvgIpc) is 3.59. The highest BCUT2D eigenvalue weighted by Crippen LogP contribution is 2.51. The second kappa shape index (κ2) is 15.7. The molecule has 0 unspecified atom stereocenters. The third-order valence-corrected chi connectivity index (χ3v) is 8.95. The number of aliphatic hydroxyl groups excluding tert-OH is 2. The molecule has 240 valence electrons. The monoisotopic (exact) mass is 614 g/mol. The van der Waals surface area contributed by atoms with Crippen LogP contribution in [-0.2, 0) is 19.1 Å². The Morgan fingerprint density at radius 1 is 0.750 bits per heavy atom. The number of rotatable bonds is 12. The maximum absolute atomic E-state index is 12.6. The van der Waals surface area contributed by atoms with Gasteiger partial charge in [0.2, 0.25) is 13.1 Å². The molecule has 2 aliphatic rings. The standard InChI is InChI=1S/2C16H21NO5/c2*1-2-22-15(19)16(10-6-9-14(16)18)13(11-17(20)21)12-7-4-3-5-8-12/h2*3-5,7-8,13-14,18H,2,6,9-11H2,1H3/t2*13-,14+,16-/m00/s1. The van der Waals surface area contributed by atoms with E-state index in [1.54, 1.807) is 62.4 Å². The van der Waals surface area contributed by atoms with Crippen LogP contribution < -0.4 is 0 Å². The molecule has 2 saturated carbocycles. The Labute approximate surface area is 256 Å². The van der Waals surface area contributed by atoms with Crippen LogP contribution in [0.25, 0.3) is 0 Å². The molecule has 12 heteroatoms. The van der Waals surface area contributed by atoms with E-state index in [9.17, 15) is 40.0 Å². The van der Waals surface area contributed by atoms with E-state index in [1.165, 1.54) is 0 Å². The van der Waals surface area contributed by atoms with Crippen molar-refractivity contribution in [2.75, 3.05) is 26.3 Å². The van der Waals surface area contributed by atoms with Crippen molar-refractivity contribution in [3.05, 3.63) is 92.0 Å². The number of esters is 2. The van der Waals surface area contributed by atoms with Crippen molar-refractivity contribution in [2.45, 2.75) is 76.4 Å². The van der Waals surface area contributed by atoms with E-state index >= 15 is 0 Å². The summed E-state index contributed by atoms with van der Waals surface area (Å²) in [5, 5.41) is 43.2. The van der Waals surface area contributed by atoms with E-state index in [4.69, 9.17) is 9.47 Å². The lowest BCUT2D eigenvalue weighted by molar-refractivity contribution is -0.486. The second-order valence-electron chi connectivity index (χ2n) is 11.3. The third kappa shape index (κ3) is 7.41. The Kier molecular flexibility index (Phi) is 12.4. The number of carbonyl (C=O) groups excluding carboxylic acids is 2. The third-order valence-electron chi connectivity index (χ3n) is 8.95. The number of nitro groups is 2. The fraction of sp³-hybridized carbons (Fsp3) is 0.562. The highest BCUT2D eigenvalue weighted by Gasteiger charge is 2.58. The number of hydrogen-bond acceptors (Lipinski definition) is 10. The molecular weight excluding hydrogens is 572 g/mol. The molecule has 44 heavy (non-hydrogen) atoms. The maximum Gasteiger partial charge on any atom is 0.315 e. The second-order valence-corrected chi connectivity index (χ2v) is 11.3. The summed E-state index contributed by atoms with van der Waals surface area (Å²) in [5.41, 5.74) is -1.09. The van der Waals surface area contributed by atoms with Crippen molar-refractivity contribution in [3.8, 4) is 0 Å². The number of ether oxygens (including phenoxy) is 2. The van der Waals surface area contributed by atoms with Crippen LogP contribution in [0.3, 0.4) is 0 Å². The Morgan fingerprint density at radius 3 is 1.34 bits per heavy atom. The summed E-state index contributed by atoms with van der Waals surface area (Å²) in [6.07, 6.45) is 1.19. The average molecular weight is 615 g/mol. The van der Waals surface area contributed by atoms with Crippen molar-refractivity contribution in [3.63, 3.8) is 0 Å². The molecule has 4 rings (SSSR count). The predicted molar refractivity (Wildman–Crippen MR) is 160 cm³/mol. The van der Waals surface area contributed by atoms with Crippen LogP contribution in [0.15, 0.2) is 60.7 Å². The summed E-state index contributed by atoms with van der Waals surface area (Å²) in [7, 11) is 0. The van der Waals surface area contributed by atoms with Crippen LogP contribution in [0.1, 0.15) is 75.3 Å². The first-order chi connectivity index (χ1) is 21.0. The van der Waals surface area contributed by atoms with Gasteiger partial charge in [0.25, 0.3) is 0 Å². The summed E-state index contributed by atoms with van der Waals surface area (Å²) >= 11 is 0. The van der Waals surface area contributed by atoms with Gasteiger partial charge in [0, 0.05) is 9.85 Å². The number of aliphatic hydroxyl groups is 2. The zero-order chi connectivity index (χ0) is 32.3. The molecular formula is C32H42N2O10. The number of benzene rings is 2. The van der Waals surface area contributed by atoms with Gasteiger partial charge in [0.15, 0.2) is 0 Å². The fourth-order valence-corrected chi connectivity index (χ4v) is 6.93. The van der Waals surface area contributed by atoms with Gasteiger partial charge >= 0.3 is 11.9 Å². The van der Waals surface area contributed by atoms with Gasteiger partial charge in [0.1, 0.15) is 10.8 Å². The molecule has 0 heterocycles. The highest BCUT2D eigenvalue weighted by atomic mass is 16.6. The molecule has 0 bridgehead atoms. The van der Waals surface area contributed by atoms with E-state index in [2.05, 4.69) is 0 Å². The van der Waals surface area contributed by atoms with E-state index in [0.29, 0.717) is 49.7 Å². The molecule has 0 amide bonds. The first kappa shape index (κ1) is 34.6. The van der Waals surface area contributed by atoms with Crippen LogP contribution >= 0.6 is 0 Å². The normalized spacial score (nSPS) is 25.6. The first-order valence-corrected chi connectivity index (χ1v) is 15.1. The molecule has 2 aromatic rings. The van der Waals surface area contributed by atoms with Crippen molar-refractivity contribution in [2.24, 2.45) is 10.8 Å². The van der Waals surface area contributed by atoms with Crippen LogP contribution in [0.4, 0.5) is 0 Å². The lowest BCUT2D eigenvalue weighted by Gasteiger charge is -2.36. The molecule has 0 radical (unpaired) electrons. The molecule has 2 aromatic carbocycles. The van der Waals surface area contributed by atoms with Gasteiger partial charge in [-0.15, -0.1) is 0 Å². The Hall–Kier alpha value is -3.90. The molecule has 2 N–H and O–H groups in total. The largest absolute Gasteiger partial charge is 0.465 e. The SMILES string of the molecule is CCOC(=O)[C@]1([C@@H](C[N+](=O)[O-])c2ccccc2)CCC[C@H]1O.CCOC(=O)[C@]1([C@@H](C[N+](=O)[O-])c2ccccc2)CCC[C@H]1O. The van der Waals surface area contributed by atoms with Gasteiger partial charge in [-0.2, -0.15) is 0 Å². The minimum Gasteiger partial charge on any atom is -0.465 e. The lowest BCUT2D eigenvalue weighted by atomic mass is 9.69. The van der Waals surface area contributed by atoms with Crippen molar-refractivity contribution in [1.29, 1.82) is 0 Å². The summed E-state index contributed by atoms with van der Waals surface area (Å²) in [6.45, 7) is 2.95. The molecule has 2 aliphatic carbocycles. The van der Waals surface area contributed by atoms with Gasteiger partial charge in [-0.05, 0) is 63.5 Å². The van der Waals surface area contributed by atoms with E-state index in [-0.39, 0.29) is 13.2 Å². The van der Waals surface area contributed by atoms with Crippen LogP contribution in [0.2, 0.25) is 0 Å². The van der Waals surface area contributed by atoms with Gasteiger partial charge in [-0.1, -0.05) is 60.7 Å². The molecule has 0 saturated heterocycles. The highest BCUT2D eigenvalue weighted by molar-refractivity contribution is 5.80. The molecule has 0 aromatic heterocycles. The summed E-state index contributed by atoms with van der Waals surface area (Å²) in [5.74, 6) is -2.45. The molecule has 0 spiro atoms. The summed E-state index contributed by atoms with van der Waals surface area (Å²) in [6, 6.07) is 17.8. The number of nitrogens with zero attached hydrogens (tertiary/aromatic N) is 2. The quantitative estimate of drug-likeness (QED) is 0.199. The zero-order valence-corrected chi connectivity index (χ0v) is 25.2. The van der Waals surface area contributed by atoms with Gasteiger partial charge in [0.05, 0.1) is 37.3 Å². The predicted octanol–water partition coefficient (Wildman–Crippen LogP) is 4.28. The van der Waals surface area contributed by atoms with Crippen molar-refractivity contribution < 1.29 is 39.1 Å². The van der Waals surface area contributed by atoms with E-state index in [0.717, 1.165) is 0 Å². The molecule has 12 nitrogen and oxygen atoms in total. The van der Waals surface area contributed by atoms with Crippen LogP contribution in [0.5, 0.6) is 0 Å². The van der Waals surface area contributed by atoms with Crippen molar-refractivity contribution in [1.82, 2.24) is 0 Å². The van der Waals surface area contributed by atoms with Gasteiger partial charge < -0.3 is 19.7 Å². The number of carbonyl (C=O) groups is 2. The van der Waals surface area contributed by atoms with E-state index < -0.39 is 69.7 Å². The number of hydrogen-bond donors (Lipinski definition) is 2. The van der Waals surface area contributed by atoms with Gasteiger partial charge in [-0.25, -0.2) is 0 Å². The Morgan fingerprint density at radius 2 is 1.09 bits per heavy atom. The van der Waals surface area contributed by atoms with Crippen LogP contribution in [-0.4, -0.2) is 70.5 Å². The Balaban J connectivity index is 0.000000240. The topological polar surface area (TPSA) is 179 Å². The van der Waals surface area contributed by atoms with E-state index in [1.807, 2.05) is 12.1 Å². The minimum atomic E-state index is -1.23. The molecule has 0 aliphatic heterocycles. The first-order valence-electron chi connectivity index (χ1n) is 15.1.